The van der Waals surface area contributed by atoms with E-state index in [1.165, 1.54) is 0 Å². The van der Waals surface area contributed by atoms with Crippen LogP contribution in [0.4, 0.5) is 0 Å². The van der Waals surface area contributed by atoms with Crippen molar-refractivity contribution in [1.29, 1.82) is 0 Å². The standard InChI is InChI=1S/C23H22N4O3/c1-15-5-3-7-18(25-15)11-16(2)26-23(28)22-13-20(30-27-22)14-29-19-8-9-21-17(12-19)6-4-10-24-21/h3-10,12-13,16H,11,14H2,1-2H3,(H,26,28). The van der Waals surface area contributed by atoms with E-state index < -0.39 is 0 Å². The van der Waals surface area contributed by atoms with E-state index in [4.69, 9.17) is 9.26 Å². The Kier molecular flexibility index (Phi) is 5.70. The lowest BCUT2D eigenvalue weighted by Crippen LogP contribution is -2.34. The zero-order valence-corrected chi connectivity index (χ0v) is 16.8. The summed E-state index contributed by atoms with van der Waals surface area (Å²) in [5.74, 6) is 0.874. The number of ether oxygens (including phenoxy) is 1. The van der Waals surface area contributed by atoms with Crippen molar-refractivity contribution < 1.29 is 14.1 Å². The van der Waals surface area contributed by atoms with Crippen molar-refractivity contribution in [2.45, 2.75) is 32.9 Å². The van der Waals surface area contributed by atoms with Gasteiger partial charge < -0.3 is 14.6 Å². The second-order valence-electron chi connectivity index (χ2n) is 7.17. The van der Waals surface area contributed by atoms with Crippen LogP contribution in [0.1, 0.15) is 34.6 Å². The molecule has 0 aliphatic carbocycles. The SMILES string of the molecule is Cc1cccc(CC(C)NC(=O)c2cc(COc3ccc4ncccc4c3)on2)n1. The minimum absolute atomic E-state index is 0.0885. The van der Waals surface area contributed by atoms with Gasteiger partial charge in [-0.2, -0.15) is 0 Å². The molecule has 4 rings (SSSR count). The molecular formula is C23H22N4O3. The smallest absolute Gasteiger partial charge is 0.273 e. The molecule has 152 valence electrons. The van der Waals surface area contributed by atoms with Gasteiger partial charge in [0.1, 0.15) is 12.4 Å². The first-order chi connectivity index (χ1) is 14.6. The van der Waals surface area contributed by atoms with E-state index in [1.54, 1.807) is 12.3 Å². The quantitative estimate of drug-likeness (QED) is 0.505. The molecular weight excluding hydrogens is 380 g/mol. The zero-order chi connectivity index (χ0) is 20.9. The molecule has 1 atom stereocenters. The van der Waals surface area contributed by atoms with E-state index in [2.05, 4.69) is 20.4 Å². The number of hydrogen-bond donors (Lipinski definition) is 1. The maximum Gasteiger partial charge on any atom is 0.273 e. The van der Waals surface area contributed by atoms with Gasteiger partial charge in [0.15, 0.2) is 11.5 Å². The Bertz CT molecular complexity index is 1170. The molecule has 7 heteroatoms. The number of benzene rings is 1. The highest BCUT2D eigenvalue weighted by Gasteiger charge is 2.16. The molecule has 0 aliphatic rings. The molecule has 0 saturated carbocycles. The monoisotopic (exact) mass is 402 g/mol. The van der Waals surface area contributed by atoms with Gasteiger partial charge in [0.2, 0.25) is 0 Å². The average Bonchev–Trinajstić information content (AvgIpc) is 3.21. The largest absolute Gasteiger partial charge is 0.486 e. The minimum Gasteiger partial charge on any atom is -0.486 e. The lowest BCUT2D eigenvalue weighted by molar-refractivity contribution is 0.0930. The molecule has 0 aliphatic heterocycles. The van der Waals surface area contributed by atoms with E-state index in [9.17, 15) is 4.79 Å². The van der Waals surface area contributed by atoms with Crippen molar-refractivity contribution in [3.8, 4) is 5.75 Å². The highest BCUT2D eigenvalue weighted by atomic mass is 16.5. The second-order valence-corrected chi connectivity index (χ2v) is 7.17. The van der Waals surface area contributed by atoms with Gasteiger partial charge in [-0.15, -0.1) is 0 Å². The van der Waals surface area contributed by atoms with Gasteiger partial charge in [-0.1, -0.05) is 17.3 Å². The van der Waals surface area contributed by atoms with Crippen LogP contribution >= 0.6 is 0 Å². The van der Waals surface area contributed by atoms with Crippen molar-refractivity contribution in [3.63, 3.8) is 0 Å². The number of aryl methyl sites for hydroxylation is 1. The number of nitrogens with one attached hydrogen (secondary N) is 1. The number of carbonyl (C=O) groups excluding carboxylic acids is 1. The molecule has 7 nitrogen and oxygen atoms in total. The van der Waals surface area contributed by atoms with Crippen molar-refractivity contribution in [1.82, 2.24) is 20.4 Å². The maximum absolute atomic E-state index is 12.4. The summed E-state index contributed by atoms with van der Waals surface area (Å²) in [5, 5.41) is 7.77. The van der Waals surface area contributed by atoms with Crippen molar-refractivity contribution in [2.75, 3.05) is 0 Å². The lowest BCUT2D eigenvalue weighted by atomic mass is 10.1. The number of aromatic nitrogens is 3. The molecule has 1 amide bonds. The number of amides is 1. The Balaban J connectivity index is 1.33. The van der Waals surface area contributed by atoms with Gasteiger partial charge in [0.05, 0.1) is 5.52 Å². The Labute approximate surface area is 174 Å². The second kappa shape index (κ2) is 8.73. The fraction of sp³-hybridized carbons (Fsp3) is 0.217. The van der Waals surface area contributed by atoms with Gasteiger partial charge in [-0.3, -0.25) is 14.8 Å². The molecule has 1 unspecified atom stereocenters. The first kappa shape index (κ1) is 19.6. The van der Waals surface area contributed by atoms with Crippen LogP contribution < -0.4 is 10.1 Å². The van der Waals surface area contributed by atoms with Crippen molar-refractivity contribution in [3.05, 3.63) is 83.6 Å². The number of fused-ring (bicyclic) bond motifs is 1. The van der Waals surface area contributed by atoms with Crippen molar-refractivity contribution >= 4 is 16.8 Å². The van der Waals surface area contributed by atoms with Crippen LogP contribution in [0, 0.1) is 6.92 Å². The maximum atomic E-state index is 12.4. The van der Waals surface area contributed by atoms with Gasteiger partial charge in [-0.25, -0.2) is 0 Å². The van der Waals surface area contributed by atoms with Crippen molar-refractivity contribution in [2.24, 2.45) is 0 Å². The third kappa shape index (κ3) is 4.81. The Morgan fingerprint density at radius 1 is 1.17 bits per heavy atom. The van der Waals surface area contributed by atoms with E-state index in [0.29, 0.717) is 17.9 Å². The van der Waals surface area contributed by atoms with E-state index >= 15 is 0 Å². The van der Waals surface area contributed by atoms with E-state index in [-0.39, 0.29) is 24.2 Å². The molecule has 3 heterocycles. The number of rotatable bonds is 7. The summed E-state index contributed by atoms with van der Waals surface area (Å²) in [5.41, 5.74) is 3.01. The first-order valence-electron chi connectivity index (χ1n) is 9.73. The fourth-order valence-corrected chi connectivity index (χ4v) is 3.16. The molecule has 4 aromatic rings. The molecule has 0 radical (unpaired) electrons. The number of pyridine rings is 2. The third-order valence-corrected chi connectivity index (χ3v) is 4.59. The molecule has 0 spiro atoms. The Morgan fingerprint density at radius 2 is 2.07 bits per heavy atom. The van der Waals surface area contributed by atoms with Gasteiger partial charge in [-0.05, 0) is 50.2 Å². The van der Waals surface area contributed by atoms with Gasteiger partial charge in [0.25, 0.3) is 5.91 Å². The van der Waals surface area contributed by atoms with Crippen LogP contribution in [0.25, 0.3) is 10.9 Å². The summed E-state index contributed by atoms with van der Waals surface area (Å²) in [7, 11) is 0. The van der Waals surface area contributed by atoms with Crippen LogP contribution in [0.15, 0.2) is 65.3 Å². The summed E-state index contributed by atoms with van der Waals surface area (Å²) in [6.07, 6.45) is 2.39. The van der Waals surface area contributed by atoms with Crippen LogP contribution in [0.3, 0.4) is 0 Å². The van der Waals surface area contributed by atoms with Gasteiger partial charge in [0, 0.05) is 41.5 Å². The predicted octanol–water partition coefficient (Wildman–Crippen LogP) is 3.87. The summed E-state index contributed by atoms with van der Waals surface area (Å²) >= 11 is 0. The highest BCUT2D eigenvalue weighted by Crippen LogP contribution is 2.20. The van der Waals surface area contributed by atoms with Crippen LogP contribution in [-0.2, 0) is 13.0 Å². The normalized spacial score (nSPS) is 11.9. The summed E-state index contributed by atoms with van der Waals surface area (Å²) in [4.78, 5) is 21.2. The highest BCUT2D eigenvalue weighted by molar-refractivity contribution is 5.92. The van der Waals surface area contributed by atoms with Crippen LogP contribution in [0.5, 0.6) is 5.75 Å². The molecule has 30 heavy (non-hydrogen) atoms. The minimum atomic E-state index is -0.290. The Hall–Kier alpha value is -3.74. The average molecular weight is 402 g/mol. The van der Waals surface area contributed by atoms with E-state index in [0.717, 1.165) is 22.3 Å². The predicted molar refractivity (Wildman–Crippen MR) is 112 cm³/mol. The molecule has 3 aromatic heterocycles. The lowest BCUT2D eigenvalue weighted by Gasteiger charge is -2.12. The first-order valence-corrected chi connectivity index (χ1v) is 9.73. The van der Waals surface area contributed by atoms with E-state index in [1.807, 2.05) is 62.4 Å². The molecule has 1 aromatic carbocycles. The molecule has 0 bridgehead atoms. The van der Waals surface area contributed by atoms with Crippen LogP contribution in [-0.4, -0.2) is 27.1 Å². The number of carbonyl (C=O) groups is 1. The topological polar surface area (TPSA) is 90.1 Å². The summed E-state index contributed by atoms with van der Waals surface area (Å²) in [6, 6.07) is 16.9. The third-order valence-electron chi connectivity index (χ3n) is 4.59. The summed E-state index contributed by atoms with van der Waals surface area (Å²) < 4.78 is 11.0. The number of nitrogens with zero attached hydrogens (tertiary/aromatic N) is 3. The molecule has 0 fully saturated rings. The molecule has 1 N–H and O–H groups in total. The van der Waals surface area contributed by atoms with Gasteiger partial charge >= 0.3 is 0 Å². The zero-order valence-electron chi connectivity index (χ0n) is 16.8. The molecule has 0 saturated heterocycles. The fourth-order valence-electron chi connectivity index (χ4n) is 3.16. The van der Waals surface area contributed by atoms with Crippen LogP contribution in [0.2, 0.25) is 0 Å². The summed E-state index contributed by atoms with van der Waals surface area (Å²) in [6.45, 7) is 4.05. The Morgan fingerprint density at radius 3 is 2.93 bits per heavy atom. The number of hydrogen-bond acceptors (Lipinski definition) is 6.